The molecule has 3 amide bonds. The Hall–Kier alpha value is -3.84. The lowest BCUT2D eigenvalue weighted by molar-refractivity contribution is -0.122. The molecule has 1 fully saturated rings. The molecule has 3 unspecified atom stereocenters. The number of aromatic nitrogens is 1. The number of carbonyl (C=O) groups excluding carboxylic acids is 3. The molecule has 44 heavy (non-hydrogen) atoms. The first-order chi connectivity index (χ1) is 21.1. The number of anilines is 2. The summed E-state index contributed by atoms with van der Waals surface area (Å²) in [4.78, 5) is 55.5. The van der Waals surface area contributed by atoms with E-state index in [-0.39, 0.29) is 17.3 Å². The van der Waals surface area contributed by atoms with Gasteiger partial charge in [-0.1, -0.05) is 52.4 Å². The standard InChI is InChI=1S/C30H22Cl2FN3O6S2/c1-41-20-10-3-14(11-21(20)42-2)23-24-25(28(39)36(27(24)38)17-7-4-15(33)5-8-17)43-29-26(23)44-30(40)35(29)13-22(37)34-16-6-9-18(31)19(32)12-16/h3-12,23-25H,13H2,1-2H3,(H,34,37). The van der Waals surface area contributed by atoms with Crippen molar-refractivity contribution in [2.24, 2.45) is 5.92 Å². The van der Waals surface area contributed by atoms with Crippen LogP contribution in [-0.4, -0.2) is 41.8 Å². The van der Waals surface area contributed by atoms with Crippen molar-refractivity contribution in [1.29, 1.82) is 0 Å². The summed E-state index contributed by atoms with van der Waals surface area (Å²) in [6, 6.07) is 14.9. The number of ether oxygens (including phenoxy) is 2. The maximum atomic E-state index is 14.0. The Balaban J connectivity index is 1.43. The van der Waals surface area contributed by atoms with Gasteiger partial charge in [0, 0.05) is 16.5 Å². The van der Waals surface area contributed by atoms with E-state index in [9.17, 15) is 23.6 Å². The lowest BCUT2D eigenvalue weighted by atomic mass is 9.83. The molecule has 0 saturated carbocycles. The number of thiazole rings is 1. The topological polar surface area (TPSA) is 107 Å². The van der Waals surface area contributed by atoms with Crippen LogP contribution in [0.5, 0.6) is 11.5 Å². The number of methoxy groups -OCH3 is 2. The van der Waals surface area contributed by atoms with E-state index < -0.39 is 45.5 Å². The van der Waals surface area contributed by atoms with Crippen LogP contribution in [-0.2, 0) is 20.9 Å². The number of hydrogen-bond acceptors (Lipinski definition) is 8. The molecule has 2 aliphatic heterocycles. The fourth-order valence-corrected chi connectivity index (χ4v) is 8.49. The van der Waals surface area contributed by atoms with Gasteiger partial charge in [-0.25, -0.2) is 9.29 Å². The van der Waals surface area contributed by atoms with Crippen molar-refractivity contribution in [2.75, 3.05) is 24.4 Å². The number of amides is 3. The van der Waals surface area contributed by atoms with Crippen molar-refractivity contribution in [3.8, 4) is 11.5 Å². The molecule has 2 aliphatic rings. The largest absolute Gasteiger partial charge is 0.493 e. The van der Waals surface area contributed by atoms with Gasteiger partial charge >= 0.3 is 4.87 Å². The average molecular weight is 675 g/mol. The minimum Gasteiger partial charge on any atom is -0.493 e. The lowest BCUT2D eigenvalue weighted by Crippen LogP contribution is -2.33. The summed E-state index contributed by atoms with van der Waals surface area (Å²) in [5.41, 5.74) is 1.25. The first kappa shape index (κ1) is 30.2. The van der Waals surface area contributed by atoms with Crippen molar-refractivity contribution in [1.82, 2.24) is 4.57 Å². The van der Waals surface area contributed by atoms with Crippen molar-refractivity contribution < 1.29 is 28.2 Å². The second kappa shape index (κ2) is 11.9. The van der Waals surface area contributed by atoms with Crippen LogP contribution in [0.15, 0.2) is 70.5 Å². The van der Waals surface area contributed by atoms with Crippen LogP contribution < -0.4 is 24.6 Å². The van der Waals surface area contributed by atoms with Crippen LogP contribution in [0.4, 0.5) is 15.8 Å². The number of carbonyl (C=O) groups is 3. The van der Waals surface area contributed by atoms with Crippen molar-refractivity contribution in [3.05, 3.63) is 96.6 Å². The maximum absolute atomic E-state index is 14.0. The molecule has 1 saturated heterocycles. The van der Waals surface area contributed by atoms with Gasteiger partial charge < -0.3 is 14.8 Å². The second-order valence-corrected chi connectivity index (χ2v) is 12.9. The number of halogens is 3. The highest BCUT2D eigenvalue weighted by atomic mass is 35.5. The van der Waals surface area contributed by atoms with Gasteiger partial charge in [0.25, 0.3) is 0 Å². The van der Waals surface area contributed by atoms with Crippen molar-refractivity contribution >= 4 is 75.4 Å². The molecule has 9 nitrogen and oxygen atoms in total. The van der Waals surface area contributed by atoms with Crippen LogP contribution in [0.2, 0.25) is 10.0 Å². The second-order valence-electron chi connectivity index (χ2n) is 9.95. The van der Waals surface area contributed by atoms with Gasteiger partial charge in [0.1, 0.15) is 17.6 Å². The van der Waals surface area contributed by atoms with E-state index in [1.54, 1.807) is 24.3 Å². The van der Waals surface area contributed by atoms with Crippen LogP contribution >= 0.6 is 46.3 Å². The Morgan fingerprint density at radius 3 is 2.34 bits per heavy atom. The monoisotopic (exact) mass is 673 g/mol. The zero-order valence-corrected chi connectivity index (χ0v) is 26.2. The van der Waals surface area contributed by atoms with Gasteiger partial charge in [0.05, 0.1) is 40.9 Å². The fraction of sp³-hybridized carbons (Fsp3) is 0.200. The highest BCUT2D eigenvalue weighted by Crippen LogP contribution is 2.54. The van der Waals surface area contributed by atoms with Gasteiger partial charge in [0.15, 0.2) is 11.5 Å². The Kier molecular flexibility index (Phi) is 8.18. The molecule has 0 bridgehead atoms. The third-order valence-corrected chi connectivity index (χ3v) is 10.7. The summed E-state index contributed by atoms with van der Waals surface area (Å²) in [5.74, 6) is -2.74. The molecule has 226 valence electrons. The van der Waals surface area contributed by atoms with Gasteiger partial charge in [-0.05, 0) is 60.2 Å². The first-order valence-corrected chi connectivity index (χ1v) is 15.6. The van der Waals surface area contributed by atoms with Crippen molar-refractivity contribution in [2.45, 2.75) is 22.7 Å². The molecule has 0 spiro atoms. The molecule has 0 radical (unpaired) electrons. The third-order valence-electron chi connectivity index (χ3n) is 7.41. The Bertz CT molecular complexity index is 1880. The fourth-order valence-electron chi connectivity index (χ4n) is 5.42. The van der Waals surface area contributed by atoms with E-state index in [4.69, 9.17) is 32.7 Å². The van der Waals surface area contributed by atoms with E-state index in [1.807, 2.05) is 0 Å². The number of benzene rings is 3. The molecule has 14 heteroatoms. The average Bonchev–Trinajstić information content (AvgIpc) is 3.45. The number of nitrogens with one attached hydrogen (secondary N) is 1. The zero-order chi connectivity index (χ0) is 31.3. The number of thioether (sulfide) groups is 1. The Morgan fingerprint density at radius 2 is 1.66 bits per heavy atom. The molecule has 0 aliphatic carbocycles. The van der Waals surface area contributed by atoms with E-state index in [2.05, 4.69) is 5.32 Å². The highest BCUT2D eigenvalue weighted by molar-refractivity contribution is 8.00. The molecular weight excluding hydrogens is 652 g/mol. The maximum Gasteiger partial charge on any atom is 0.308 e. The summed E-state index contributed by atoms with van der Waals surface area (Å²) in [5, 5.41) is 2.78. The summed E-state index contributed by atoms with van der Waals surface area (Å²) >= 11 is 14.0. The van der Waals surface area contributed by atoms with E-state index in [0.29, 0.717) is 37.7 Å². The van der Waals surface area contributed by atoms with E-state index in [1.165, 1.54) is 55.2 Å². The predicted molar refractivity (Wildman–Crippen MR) is 167 cm³/mol. The Labute approximate surface area is 268 Å². The lowest BCUT2D eigenvalue weighted by Gasteiger charge is -2.31. The van der Waals surface area contributed by atoms with Gasteiger partial charge in [-0.3, -0.25) is 23.7 Å². The zero-order valence-electron chi connectivity index (χ0n) is 23.0. The van der Waals surface area contributed by atoms with Gasteiger partial charge in [0.2, 0.25) is 17.7 Å². The normalized spacial score (nSPS) is 19.0. The molecule has 3 atom stereocenters. The first-order valence-electron chi connectivity index (χ1n) is 13.1. The third kappa shape index (κ3) is 5.25. The summed E-state index contributed by atoms with van der Waals surface area (Å²) in [6.45, 7) is -0.349. The van der Waals surface area contributed by atoms with Gasteiger partial charge in [-0.15, -0.1) is 0 Å². The molecule has 3 heterocycles. The number of imide groups is 1. The SMILES string of the molecule is COc1ccc(C2c3sc(=O)n(CC(=O)Nc4ccc(Cl)c(Cl)c4)c3SC3C(=O)N(c4ccc(F)cc4)C(=O)C32)cc1OC. The smallest absolute Gasteiger partial charge is 0.308 e. The van der Waals surface area contributed by atoms with E-state index >= 15 is 0 Å². The van der Waals surface area contributed by atoms with Crippen LogP contribution in [0.1, 0.15) is 16.4 Å². The summed E-state index contributed by atoms with van der Waals surface area (Å²) in [6.07, 6.45) is 0. The Morgan fingerprint density at radius 1 is 0.932 bits per heavy atom. The minimum atomic E-state index is -0.920. The highest BCUT2D eigenvalue weighted by Gasteiger charge is 2.57. The predicted octanol–water partition coefficient (Wildman–Crippen LogP) is 5.81. The minimum absolute atomic E-state index is 0.240. The van der Waals surface area contributed by atoms with Crippen LogP contribution in [0.3, 0.4) is 0 Å². The number of hydrogen-bond donors (Lipinski definition) is 1. The van der Waals surface area contributed by atoms with Crippen LogP contribution in [0.25, 0.3) is 0 Å². The summed E-state index contributed by atoms with van der Waals surface area (Å²) in [7, 11) is 2.98. The molecule has 1 N–H and O–H groups in total. The molecular formula is C30H22Cl2FN3O6S2. The van der Waals surface area contributed by atoms with E-state index in [0.717, 1.165) is 28.0 Å². The number of nitrogens with zero attached hydrogens (tertiary/aromatic N) is 2. The summed E-state index contributed by atoms with van der Waals surface area (Å²) < 4.78 is 25.9. The van der Waals surface area contributed by atoms with Crippen LogP contribution in [0, 0.1) is 11.7 Å². The number of rotatable bonds is 7. The molecule has 4 aromatic rings. The molecule has 1 aromatic heterocycles. The van der Waals surface area contributed by atoms with Gasteiger partial charge in [-0.2, -0.15) is 0 Å². The molecule has 3 aromatic carbocycles. The van der Waals surface area contributed by atoms with Crippen molar-refractivity contribution in [3.63, 3.8) is 0 Å². The molecule has 6 rings (SSSR count). The quantitative estimate of drug-likeness (QED) is 0.247. The number of fused-ring (bicyclic) bond motifs is 2.